The van der Waals surface area contributed by atoms with E-state index in [-0.39, 0.29) is 17.1 Å². The molecule has 1 aromatic rings. The van der Waals surface area contributed by atoms with Crippen LogP contribution in [0.1, 0.15) is 31.2 Å². The predicted octanol–water partition coefficient (Wildman–Crippen LogP) is 2.16. The molecule has 0 aromatic carbocycles. The molecule has 2 N–H and O–H groups in total. The van der Waals surface area contributed by atoms with Gasteiger partial charge in [-0.25, -0.2) is 9.97 Å². The number of aryl methyl sites for hydroxylation is 1. The molecule has 19 heavy (non-hydrogen) atoms. The Morgan fingerprint density at radius 1 is 1.47 bits per heavy atom. The molecule has 0 bridgehead atoms. The summed E-state index contributed by atoms with van der Waals surface area (Å²) in [4.78, 5) is 19.6. The fraction of sp³-hybridized carbons (Fsp3) is 0.615. The number of nitrogens with zero attached hydrogens (tertiary/aromatic N) is 2. The summed E-state index contributed by atoms with van der Waals surface area (Å²) in [6.07, 6.45) is 5.83. The molecule has 0 atom stereocenters. The molecule has 5 nitrogen and oxygen atoms in total. The molecule has 1 aliphatic carbocycles. The van der Waals surface area contributed by atoms with Crippen molar-refractivity contribution in [3.05, 3.63) is 17.0 Å². The number of carbonyl (C=O) groups is 1. The molecule has 1 aliphatic rings. The second kappa shape index (κ2) is 6.70. The van der Waals surface area contributed by atoms with Crippen LogP contribution in [0.15, 0.2) is 6.20 Å². The van der Waals surface area contributed by atoms with Crippen LogP contribution in [0.25, 0.3) is 0 Å². The van der Waals surface area contributed by atoms with Gasteiger partial charge in [-0.3, -0.25) is 4.79 Å². The number of hydrogen-bond donors (Lipinski definition) is 2. The lowest BCUT2D eigenvalue weighted by Gasteiger charge is -2.24. The van der Waals surface area contributed by atoms with E-state index in [1.807, 2.05) is 6.92 Å². The van der Waals surface area contributed by atoms with E-state index in [0.29, 0.717) is 6.54 Å². The van der Waals surface area contributed by atoms with Crippen LogP contribution in [0.4, 0.5) is 5.82 Å². The van der Waals surface area contributed by atoms with Gasteiger partial charge in [0.1, 0.15) is 5.82 Å². The molecule has 0 spiro atoms. The van der Waals surface area contributed by atoms with E-state index in [9.17, 15) is 4.79 Å². The SMILES string of the molecule is Cc1cnc(Cl)nc1NCCCNC(=O)C1CCC1. The van der Waals surface area contributed by atoms with E-state index < -0.39 is 0 Å². The smallest absolute Gasteiger partial charge is 0.224 e. The van der Waals surface area contributed by atoms with Crippen molar-refractivity contribution in [1.29, 1.82) is 0 Å². The lowest BCUT2D eigenvalue weighted by molar-refractivity contribution is -0.127. The number of rotatable bonds is 6. The summed E-state index contributed by atoms with van der Waals surface area (Å²) in [6.45, 7) is 3.37. The normalized spacial score (nSPS) is 14.8. The van der Waals surface area contributed by atoms with Gasteiger partial charge in [0.05, 0.1) is 0 Å². The van der Waals surface area contributed by atoms with Crippen LogP contribution >= 0.6 is 11.6 Å². The van der Waals surface area contributed by atoms with Crippen molar-refractivity contribution in [3.8, 4) is 0 Å². The topological polar surface area (TPSA) is 66.9 Å². The minimum absolute atomic E-state index is 0.201. The molecule has 6 heteroatoms. The van der Waals surface area contributed by atoms with E-state index in [0.717, 1.165) is 37.2 Å². The predicted molar refractivity (Wildman–Crippen MR) is 75.2 cm³/mol. The first-order valence-corrected chi connectivity index (χ1v) is 7.05. The van der Waals surface area contributed by atoms with E-state index in [1.165, 1.54) is 6.42 Å². The molecule has 0 aliphatic heterocycles. The Morgan fingerprint density at radius 2 is 2.26 bits per heavy atom. The lowest BCUT2D eigenvalue weighted by atomic mass is 9.85. The number of aromatic nitrogens is 2. The standard InChI is InChI=1S/C13H19ClN4O/c1-9-8-17-13(14)18-11(9)15-6-3-7-16-12(19)10-4-2-5-10/h8,10H,2-7H2,1H3,(H,16,19)(H,15,17,18). The Labute approximate surface area is 118 Å². The van der Waals surface area contributed by atoms with Crippen molar-refractivity contribution in [2.45, 2.75) is 32.6 Å². The highest BCUT2D eigenvalue weighted by molar-refractivity contribution is 6.28. The van der Waals surface area contributed by atoms with E-state index in [4.69, 9.17) is 11.6 Å². The van der Waals surface area contributed by atoms with Crippen molar-refractivity contribution in [2.75, 3.05) is 18.4 Å². The van der Waals surface area contributed by atoms with Gasteiger partial charge in [0.25, 0.3) is 0 Å². The lowest BCUT2D eigenvalue weighted by Crippen LogP contribution is -2.35. The van der Waals surface area contributed by atoms with Crippen LogP contribution in [-0.4, -0.2) is 29.0 Å². The third-order valence-corrected chi connectivity index (χ3v) is 3.55. The highest BCUT2D eigenvalue weighted by Crippen LogP contribution is 2.26. The maximum absolute atomic E-state index is 11.6. The highest BCUT2D eigenvalue weighted by atomic mass is 35.5. The molecular formula is C13H19ClN4O. The third kappa shape index (κ3) is 4.06. The molecule has 0 unspecified atom stereocenters. The van der Waals surface area contributed by atoms with Crippen LogP contribution in [0.5, 0.6) is 0 Å². The van der Waals surface area contributed by atoms with Gasteiger partial charge in [0.2, 0.25) is 11.2 Å². The van der Waals surface area contributed by atoms with Crippen molar-refractivity contribution in [1.82, 2.24) is 15.3 Å². The molecular weight excluding hydrogens is 264 g/mol. The summed E-state index contributed by atoms with van der Waals surface area (Å²) in [6, 6.07) is 0. The van der Waals surface area contributed by atoms with E-state index in [2.05, 4.69) is 20.6 Å². The first-order chi connectivity index (χ1) is 9.16. The zero-order valence-electron chi connectivity index (χ0n) is 11.1. The Bertz CT molecular complexity index is 448. The van der Waals surface area contributed by atoms with E-state index >= 15 is 0 Å². The largest absolute Gasteiger partial charge is 0.370 e. The van der Waals surface area contributed by atoms with Crippen molar-refractivity contribution < 1.29 is 4.79 Å². The number of hydrogen-bond acceptors (Lipinski definition) is 4. The van der Waals surface area contributed by atoms with Crippen LogP contribution in [0.3, 0.4) is 0 Å². The molecule has 0 radical (unpaired) electrons. The van der Waals surface area contributed by atoms with Crippen LogP contribution in [-0.2, 0) is 4.79 Å². The van der Waals surface area contributed by atoms with Crippen LogP contribution < -0.4 is 10.6 Å². The quantitative estimate of drug-likeness (QED) is 0.620. The zero-order valence-corrected chi connectivity index (χ0v) is 11.8. The maximum atomic E-state index is 11.6. The first-order valence-electron chi connectivity index (χ1n) is 6.67. The van der Waals surface area contributed by atoms with Gasteiger partial charge in [-0.15, -0.1) is 0 Å². The van der Waals surface area contributed by atoms with Gasteiger partial charge in [-0.2, -0.15) is 0 Å². The first kappa shape index (κ1) is 14.1. The summed E-state index contributed by atoms with van der Waals surface area (Å²) in [5.74, 6) is 1.22. The monoisotopic (exact) mass is 282 g/mol. The Morgan fingerprint density at radius 3 is 2.95 bits per heavy atom. The van der Waals surface area contributed by atoms with Crippen molar-refractivity contribution in [2.24, 2.45) is 5.92 Å². The summed E-state index contributed by atoms with van der Waals surface area (Å²) in [5, 5.41) is 6.40. The number of carbonyl (C=O) groups excluding carboxylic acids is 1. The fourth-order valence-corrected chi connectivity index (χ4v) is 2.05. The van der Waals surface area contributed by atoms with E-state index in [1.54, 1.807) is 6.20 Å². The van der Waals surface area contributed by atoms with Crippen molar-refractivity contribution in [3.63, 3.8) is 0 Å². The zero-order chi connectivity index (χ0) is 13.7. The Kier molecular flexibility index (Phi) is 4.96. The number of halogens is 1. The molecule has 0 saturated heterocycles. The van der Waals surface area contributed by atoms with Gasteiger partial charge in [-0.1, -0.05) is 6.42 Å². The molecule has 1 fully saturated rings. The molecule has 2 rings (SSSR count). The van der Waals surface area contributed by atoms with Crippen molar-refractivity contribution >= 4 is 23.3 Å². The number of amides is 1. The van der Waals surface area contributed by atoms with Gasteiger partial charge in [-0.05, 0) is 37.8 Å². The second-order valence-electron chi connectivity index (χ2n) is 4.87. The van der Waals surface area contributed by atoms with Gasteiger partial charge in [0.15, 0.2) is 0 Å². The summed E-state index contributed by atoms with van der Waals surface area (Å²) in [5.41, 5.74) is 0.961. The molecule has 1 saturated carbocycles. The summed E-state index contributed by atoms with van der Waals surface area (Å²) in [7, 11) is 0. The van der Waals surface area contributed by atoms with Crippen LogP contribution in [0.2, 0.25) is 5.28 Å². The average molecular weight is 283 g/mol. The van der Waals surface area contributed by atoms with Gasteiger partial charge >= 0.3 is 0 Å². The molecule has 1 heterocycles. The Hall–Kier alpha value is -1.36. The second-order valence-corrected chi connectivity index (χ2v) is 5.21. The fourth-order valence-electron chi connectivity index (χ4n) is 1.92. The minimum Gasteiger partial charge on any atom is -0.370 e. The van der Waals surface area contributed by atoms with Gasteiger partial charge in [0, 0.05) is 30.8 Å². The highest BCUT2D eigenvalue weighted by Gasteiger charge is 2.24. The molecule has 1 aromatic heterocycles. The average Bonchev–Trinajstić information content (AvgIpc) is 2.31. The van der Waals surface area contributed by atoms with Crippen LogP contribution in [0, 0.1) is 12.8 Å². The third-order valence-electron chi connectivity index (χ3n) is 3.36. The number of nitrogens with one attached hydrogen (secondary N) is 2. The minimum atomic E-state index is 0.201. The summed E-state index contributed by atoms with van der Waals surface area (Å²) < 4.78 is 0. The number of anilines is 1. The van der Waals surface area contributed by atoms with Gasteiger partial charge < -0.3 is 10.6 Å². The Balaban J connectivity index is 1.63. The summed E-state index contributed by atoms with van der Waals surface area (Å²) >= 11 is 5.74. The molecule has 104 valence electrons. The molecule has 1 amide bonds. The maximum Gasteiger partial charge on any atom is 0.224 e.